The third kappa shape index (κ3) is 4.12. The molecule has 2 aliphatic heterocycles. The normalized spacial score (nSPS) is 28.1. The van der Waals surface area contributed by atoms with E-state index in [1.54, 1.807) is 37.3 Å². The Morgan fingerprint density at radius 2 is 1.54 bits per heavy atom. The van der Waals surface area contributed by atoms with Crippen LogP contribution in [0.3, 0.4) is 0 Å². The van der Waals surface area contributed by atoms with Crippen molar-refractivity contribution in [3.05, 3.63) is 111 Å². The third-order valence-corrected chi connectivity index (χ3v) is 11.8. The lowest BCUT2D eigenvalue weighted by Crippen LogP contribution is -2.48. The maximum absolute atomic E-state index is 14.7. The van der Waals surface area contributed by atoms with Gasteiger partial charge < -0.3 is 5.11 Å². The fourth-order valence-corrected chi connectivity index (χ4v) is 9.06. The Labute approximate surface area is 285 Å². The number of nitrogens with zero attached hydrogens (tertiary/aromatic N) is 2. The van der Waals surface area contributed by atoms with Crippen LogP contribution >= 0.6 is 23.2 Å². The molecule has 4 aliphatic rings. The number of fused-ring (bicyclic) bond motifs is 5. The van der Waals surface area contributed by atoms with Crippen LogP contribution in [0.4, 0.5) is 15.8 Å². The third-order valence-electron chi connectivity index (χ3n) is 11.1. The number of phenolic OH excluding ortho intramolecular Hbond substituents is 1. The molecule has 3 fully saturated rings. The molecule has 0 radical (unpaired) electrons. The Kier molecular flexibility index (Phi) is 6.89. The molecular weight excluding hydrogens is 654 g/mol. The molecule has 1 saturated carbocycles. The molecule has 4 aromatic carbocycles. The van der Waals surface area contributed by atoms with Crippen molar-refractivity contribution in [3.8, 4) is 5.75 Å². The second-order valence-corrected chi connectivity index (χ2v) is 14.2. The molecule has 1 N–H and O–H groups in total. The number of anilines is 2. The van der Waals surface area contributed by atoms with Gasteiger partial charge in [0.05, 0.1) is 39.6 Å². The van der Waals surface area contributed by atoms with E-state index < -0.39 is 52.6 Å². The molecule has 4 amide bonds. The van der Waals surface area contributed by atoms with Crippen LogP contribution in [0.2, 0.25) is 10.0 Å². The number of rotatable bonds is 3. The summed E-state index contributed by atoms with van der Waals surface area (Å²) in [6.07, 6.45) is 2.31. The average Bonchev–Trinajstić information content (AvgIpc) is 3.44. The van der Waals surface area contributed by atoms with Crippen LogP contribution in [-0.4, -0.2) is 28.7 Å². The van der Waals surface area contributed by atoms with Gasteiger partial charge >= 0.3 is 0 Å². The Bertz CT molecular complexity index is 2170. The Morgan fingerprint density at radius 3 is 2.29 bits per heavy atom. The molecule has 242 valence electrons. The molecule has 2 saturated heterocycles. The highest BCUT2D eigenvalue weighted by atomic mass is 35.5. The molecule has 2 heterocycles. The predicted octanol–water partition coefficient (Wildman–Crippen LogP) is 7.74. The number of hydrogen-bond donors (Lipinski definition) is 1. The number of imide groups is 2. The Hall–Kier alpha value is -4.53. The molecular formula is C38H29Cl2FN2O5. The van der Waals surface area contributed by atoms with E-state index in [9.17, 15) is 28.7 Å². The number of carbonyl (C=O) groups is 4. The van der Waals surface area contributed by atoms with E-state index in [1.807, 2.05) is 37.3 Å². The second-order valence-electron chi connectivity index (χ2n) is 13.4. The first-order valence-electron chi connectivity index (χ1n) is 15.8. The number of allylic oxidation sites excluding steroid dienone is 2. The van der Waals surface area contributed by atoms with Gasteiger partial charge in [0.1, 0.15) is 11.6 Å². The van der Waals surface area contributed by atoms with E-state index in [-0.39, 0.29) is 41.1 Å². The predicted molar refractivity (Wildman–Crippen MR) is 180 cm³/mol. The van der Waals surface area contributed by atoms with Crippen LogP contribution < -0.4 is 9.80 Å². The van der Waals surface area contributed by atoms with Gasteiger partial charge in [-0.15, -0.1) is 0 Å². The van der Waals surface area contributed by atoms with Gasteiger partial charge in [-0.2, -0.15) is 0 Å². The van der Waals surface area contributed by atoms with Crippen LogP contribution in [-0.2, 0) is 19.2 Å². The summed E-state index contributed by atoms with van der Waals surface area (Å²) in [7, 11) is 0. The van der Waals surface area contributed by atoms with Gasteiger partial charge in [0.25, 0.3) is 0 Å². The molecule has 4 aromatic rings. The van der Waals surface area contributed by atoms with Crippen molar-refractivity contribution >= 4 is 69.0 Å². The summed E-state index contributed by atoms with van der Waals surface area (Å²) in [6.45, 7) is 3.56. The summed E-state index contributed by atoms with van der Waals surface area (Å²) < 4.78 is 14.2. The number of amides is 4. The molecule has 2 aliphatic carbocycles. The van der Waals surface area contributed by atoms with Crippen LogP contribution in [0, 0.1) is 41.8 Å². The summed E-state index contributed by atoms with van der Waals surface area (Å²) in [5.41, 5.74) is 1.13. The average molecular weight is 684 g/mol. The highest BCUT2D eigenvalue weighted by Gasteiger charge is 2.68. The fraction of sp³-hybridized carbons (Fsp3) is 0.263. The van der Waals surface area contributed by atoms with Crippen LogP contribution in [0.5, 0.6) is 5.75 Å². The standard InChI is InChI=1S/C38H29Cl2FN2O5/c1-18-7-9-20(15-28(18)39)42-34(45)24-13-12-23-26(31(24)36(42)47)17-27-35(46)43(21-10-14-30(41)29(40)16-21)37(48)38(27,2)32(23)25-11-8-19-5-3-4-6-22(19)33(25)44/h3-12,14-16,24,26-27,31-32,44H,13,17H2,1-2H3/t24-,26+,27-,31-,32+,38+/m0/s1. The smallest absolute Gasteiger partial charge is 0.241 e. The first-order chi connectivity index (χ1) is 22.9. The maximum Gasteiger partial charge on any atom is 0.241 e. The van der Waals surface area contributed by atoms with E-state index in [1.165, 1.54) is 17.0 Å². The minimum absolute atomic E-state index is 0.0185. The molecule has 0 aromatic heterocycles. The zero-order chi connectivity index (χ0) is 33.8. The lowest BCUT2D eigenvalue weighted by Gasteiger charge is -2.49. The van der Waals surface area contributed by atoms with Crippen molar-refractivity contribution in [2.24, 2.45) is 29.1 Å². The molecule has 0 spiro atoms. The van der Waals surface area contributed by atoms with E-state index in [0.29, 0.717) is 21.7 Å². The molecule has 7 nitrogen and oxygen atoms in total. The van der Waals surface area contributed by atoms with Crippen LogP contribution in [0.15, 0.2) is 84.4 Å². The number of halogens is 3. The van der Waals surface area contributed by atoms with E-state index >= 15 is 0 Å². The number of aryl methyl sites for hydroxylation is 1. The summed E-state index contributed by atoms with van der Waals surface area (Å²) >= 11 is 12.5. The van der Waals surface area contributed by atoms with Crippen LogP contribution in [0.25, 0.3) is 10.8 Å². The topological polar surface area (TPSA) is 95.0 Å². The van der Waals surface area contributed by atoms with E-state index in [4.69, 9.17) is 23.2 Å². The fourth-order valence-electron chi connectivity index (χ4n) is 8.71. The molecule has 0 bridgehead atoms. The van der Waals surface area contributed by atoms with Gasteiger partial charge in [0.15, 0.2) is 0 Å². The number of hydrogen-bond acceptors (Lipinski definition) is 5. The number of carbonyl (C=O) groups excluding carboxylic acids is 4. The first kappa shape index (κ1) is 30.8. The summed E-state index contributed by atoms with van der Waals surface area (Å²) in [6, 6.07) is 19.7. The lowest BCUT2D eigenvalue weighted by atomic mass is 9.51. The summed E-state index contributed by atoms with van der Waals surface area (Å²) in [4.78, 5) is 59.5. The zero-order valence-electron chi connectivity index (χ0n) is 25.9. The van der Waals surface area contributed by atoms with Crippen LogP contribution in [0.1, 0.15) is 36.8 Å². The van der Waals surface area contributed by atoms with Crippen molar-refractivity contribution in [3.63, 3.8) is 0 Å². The van der Waals surface area contributed by atoms with Crippen molar-refractivity contribution < 1.29 is 28.7 Å². The minimum atomic E-state index is -1.39. The lowest BCUT2D eigenvalue weighted by molar-refractivity contribution is -0.131. The van der Waals surface area contributed by atoms with E-state index in [0.717, 1.165) is 27.5 Å². The van der Waals surface area contributed by atoms with Gasteiger partial charge in [-0.3, -0.25) is 19.2 Å². The van der Waals surface area contributed by atoms with Gasteiger partial charge in [-0.25, -0.2) is 14.2 Å². The SMILES string of the molecule is Cc1ccc(N2C(=O)[C@H]3[C@H](CC=C4[C@H]3C[C@H]3C(=O)N(c5ccc(F)c(Cl)c5)C(=O)[C@@]3(C)[C@H]4c3ccc4ccccc4c3O)C2=O)cc1Cl. The van der Waals surface area contributed by atoms with Crippen molar-refractivity contribution in [1.82, 2.24) is 0 Å². The molecule has 6 atom stereocenters. The molecule has 8 rings (SSSR count). The van der Waals surface area contributed by atoms with Gasteiger partial charge in [-0.1, -0.05) is 77.3 Å². The maximum atomic E-state index is 14.7. The van der Waals surface area contributed by atoms with Gasteiger partial charge in [0.2, 0.25) is 23.6 Å². The second kappa shape index (κ2) is 10.7. The summed E-state index contributed by atoms with van der Waals surface area (Å²) in [5, 5.41) is 13.4. The Balaban J connectivity index is 1.30. The van der Waals surface area contributed by atoms with Crippen molar-refractivity contribution in [2.45, 2.75) is 32.6 Å². The monoisotopic (exact) mass is 682 g/mol. The summed E-state index contributed by atoms with van der Waals surface area (Å²) in [5.74, 6) is -6.20. The Morgan fingerprint density at radius 1 is 0.833 bits per heavy atom. The van der Waals surface area contributed by atoms with Gasteiger partial charge in [0, 0.05) is 21.9 Å². The number of phenols is 1. The number of aromatic hydroxyl groups is 1. The minimum Gasteiger partial charge on any atom is -0.507 e. The van der Waals surface area contributed by atoms with E-state index in [2.05, 4.69) is 0 Å². The molecule has 10 heteroatoms. The zero-order valence-corrected chi connectivity index (χ0v) is 27.4. The highest BCUT2D eigenvalue weighted by Crippen LogP contribution is 2.65. The highest BCUT2D eigenvalue weighted by molar-refractivity contribution is 6.32. The first-order valence-corrected chi connectivity index (χ1v) is 16.6. The van der Waals surface area contributed by atoms with Gasteiger partial charge in [-0.05, 0) is 73.9 Å². The van der Waals surface area contributed by atoms with Crippen molar-refractivity contribution in [2.75, 3.05) is 9.80 Å². The van der Waals surface area contributed by atoms with Crippen molar-refractivity contribution in [1.29, 1.82) is 0 Å². The number of benzene rings is 4. The quantitative estimate of drug-likeness (QED) is 0.176. The molecule has 0 unspecified atom stereocenters. The molecule has 48 heavy (non-hydrogen) atoms. The largest absolute Gasteiger partial charge is 0.507 e.